The summed E-state index contributed by atoms with van der Waals surface area (Å²) in [5, 5.41) is 8.05. The van der Waals surface area contributed by atoms with Crippen LogP contribution in [0.4, 0.5) is 0 Å². The summed E-state index contributed by atoms with van der Waals surface area (Å²) in [6.07, 6.45) is -0.210. The van der Waals surface area contributed by atoms with Gasteiger partial charge < -0.3 is 9.84 Å². The molecule has 0 amide bonds. The van der Waals surface area contributed by atoms with Crippen molar-refractivity contribution in [1.29, 1.82) is 0 Å². The number of hydrogen-bond acceptors (Lipinski definition) is 3. The first-order chi connectivity index (χ1) is 4.16. The zero-order chi connectivity index (χ0) is 7.28. The summed E-state index contributed by atoms with van der Waals surface area (Å²) >= 11 is 0. The number of hydrogen-bond donors (Lipinski definition) is 1. The molecule has 0 unspecified atom stereocenters. The van der Waals surface area contributed by atoms with Gasteiger partial charge in [0, 0.05) is 51.4 Å². The quantitative estimate of drug-likeness (QED) is 0.465. The molecule has 1 N–H and O–H groups in total. The Morgan fingerprint density at radius 3 is 2.20 bits per heavy atom. The molecule has 0 heterocycles. The topological polar surface area (TPSA) is 63.6 Å². The third-order valence-electron chi connectivity index (χ3n) is 0.771. The minimum atomic E-state index is -0.986. The Bertz CT molecular complexity index is 123. The molecule has 0 saturated heterocycles. The van der Waals surface area contributed by atoms with E-state index in [4.69, 9.17) is 5.11 Å². The Balaban J connectivity index is 0. The standard InChI is InChI=1S/C5H8O4.K/c1-9-5(8)3-2-4(6)7;/h2-3H2,1H3,(H,6,7);. The average molecular weight is 171 g/mol. The normalized spacial score (nSPS) is 7.70. The second-order valence-electron chi connectivity index (χ2n) is 1.47. The number of methoxy groups -OCH3 is 1. The van der Waals surface area contributed by atoms with Crippen molar-refractivity contribution >= 4 is 63.3 Å². The molecule has 0 atom stereocenters. The van der Waals surface area contributed by atoms with Crippen molar-refractivity contribution in [2.24, 2.45) is 0 Å². The van der Waals surface area contributed by atoms with E-state index in [0.717, 1.165) is 0 Å². The molecule has 53 valence electrons. The maximum absolute atomic E-state index is 10.2. The predicted molar refractivity (Wildman–Crippen MR) is 34.6 cm³/mol. The number of rotatable bonds is 3. The van der Waals surface area contributed by atoms with Gasteiger partial charge in [-0.2, -0.15) is 0 Å². The van der Waals surface area contributed by atoms with E-state index >= 15 is 0 Å². The van der Waals surface area contributed by atoms with Crippen LogP contribution in [-0.4, -0.2) is 75.5 Å². The third-order valence-corrected chi connectivity index (χ3v) is 0.771. The third kappa shape index (κ3) is 8.58. The fourth-order valence-electron chi connectivity index (χ4n) is 0.311. The monoisotopic (exact) mass is 171 g/mol. The van der Waals surface area contributed by atoms with E-state index in [0.29, 0.717) is 0 Å². The van der Waals surface area contributed by atoms with Crippen molar-refractivity contribution in [2.45, 2.75) is 12.8 Å². The first kappa shape index (κ1) is 13.2. The van der Waals surface area contributed by atoms with Gasteiger partial charge in [0.15, 0.2) is 0 Å². The van der Waals surface area contributed by atoms with Crippen LogP contribution in [0.1, 0.15) is 12.8 Å². The minimum Gasteiger partial charge on any atom is -0.481 e. The maximum Gasteiger partial charge on any atom is 0.306 e. The molecule has 5 heteroatoms. The molecule has 0 aliphatic carbocycles. The summed E-state index contributed by atoms with van der Waals surface area (Å²) in [7, 11) is 1.23. The van der Waals surface area contributed by atoms with Crippen LogP contribution in [-0.2, 0) is 14.3 Å². The molecule has 0 rings (SSSR count). The first-order valence-electron chi connectivity index (χ1n) is 2.45. The average Bonchev–Trinajstić information content (AvgIpc) is 1.83. The van der Waals surface area contributed by atoms with Gasteiger partial charge in [0.2, 0.25) is 0 Å². The zero-order valence-corrected chi connectivity index (χ0v) is 9.21. The number of carboxylic acid groups (broad SMARTS) is 1. The van der Waals surface area contributed by atoms with Crippen LogP contribution >= 0.6 is 0 Å². The van der Waals surface area contributed by atoms with Crippen molar-refractivity contribution in [3.05, 3.63) is 0 Å². The van der Waals surface area contributed by atoms with Gasteiger partial charge in [-0.15, -0.1) is 0 Å². The molecule has 1 radical (unpaired) electrons. The van der Waals surface area contributed by atoms with Gasteiger partial charge in [-0.25, -0.2) is 0 Å². The number of esters is 1. The van der Waals surface area contributed by atoms with E-state index in [1.54, 1.807) is 0 Å². The summed E-state index contributed by atoms with van der Waals surface area (Å²) in [6, 6.07) is 0. The largest absolute Gasteiger partial charge is 0.481 e. The van der Waals surface area contributed by atoms with Crippen molar-refractivity contribution < 1.29 is 19.4 Å². The number of aliphatic carboxylic acids is 1. The number of carbonyl (C=O) groups is 2. The summed E-state index contributed by atoms with van der Waals surface area (Å²) in [4.78, 5) is 20.0. The van der Waals surface area contributed by atoms with Crippen molar-refractivity contribution in [2.75, 3.05) is 7.11 Å². The Labute approximate surface area is 101 Å². The molecule has 0 aliphatic heterocycles. The summed E-state index contributed by atoms with van der Waals surface area (Å²) in [5.74, 6) is -1.47. The van der Waals surface area contributed by atoms with Gasteiger partial charge in [0.05, 0.1) is 20.0 Å². The molecule has 0 aliphatic rings. The van der Waals surface area contributed by atoms with Gasteiger partial charge in [0.25, 0.3) is 0 Å². The Morgan fingerprint density at radius 2 is 1.90 bits per heavy atom. The van der Waals surface area contributed by atoms with E-state index in [1.807, 2.05) is 0 Å². The van der Waals surface area contributed by atoms with Gasteiger partial charge in [-0.3, -0.25) is 9.59 Å². The molecular formula is C5H8KO4. The van der Waals surface area contributed by atoms with Crippen molar-refractivity contribution in [3.8, 4) is 0 Å². The number of carboxylic acids is 1. The van der Waals surface area contributed by atoms with Crippen LogP contribution in [0.3, 0.4) is 0 Å². The van der Waals surface area contributed by atoms with E-state index in [-0.39, 0.29) is 64.2 Å². The van der Waals surface area contributed by atoms with E-state index in [9.17, 15) is 9.59 Å². The molecule has 0 fully saturated rings. The Kier molecular flexibility index (Phi) is 10.1. The second kappa shape index (κ2) is 7.68. The summed E-state index contributed by atoms with van der Waals surface area (Å²) in [5.41, 5.74) is 0. The van der Waals surface area contributed by atoms with Crippen LogP contribution < -0.4 is 0 Å². The van der Waals surface area contributed by atoms with Crippen LogP contribution in [0, 0.1) is 0 Å². The van der Waals surface area contributed by atoms with Crippen molar-refractivity contribution in [3.63, 3.8) is 0 Å². The molecule has 4 nitrogen and oxygen atoms in total. The molecule has 10 heavy (non-hydrogen) atoms. The SMILES string of the molecule is COC(=O)CCC(=O)O.[K]. The molecule has 0 saturated carbocycles. The molecule has 0 bridgehead atoms. The fraction of sp³-hybridized carbons (Fsp3) is 0.600. The van der Waals surface area contributed by atoms with E-state index in [1.165, 1.54) is 7.11 Å². The zero-order valence-electron chi connectivity index (χ0n) is 6.09. The fourth-order valence-corrected chi connectivity index (χ4v) is 0.311. The first-order valence-corrected chi connectivity index (χ1v) is 2.45. The van der Waals surface area contributed by atoms with Crippen LogP contribution in [0.2, 0.25) is 0 Å². The second-order valence-corrected chi connectivity index (χ2v) is 1.47. The summed E-state index contributed by atoms with van der Waals surface area (Å²) in [6.45, 7) is 0. The minimum absolute atomic E-state index is 0. The summed E-state index contributed by atoms with van der Waals surface area (Å²) < 4.78 is 4.20. The van der Waals surface area contributed by atoms with Crippen molar-refractivity contribution in [1.82, 2.24) is 0 Å². The van der Waals surface area contributed by atoms with Gasteiger partial charge >= 0.3 is 11.9 Å². The van der Waals surface area contributed by atoms with Crippen LogP contribution in [0.25, 0.3) is 0 Å². The Morgan fingerprint density at radius 1 is 1.40 bits per heavy atom. The van der Waals surface area contributed by atoms with Gasteiger partial charge in [-0.05, 0) is 0 Å². The molecule has 0 aromatic carbocycles. The van der Waals surface area contributed by atoms with Gasteiger partial charge in [-0.1, -0.05) is 0 Å². The molecule has 0 aromatic heterocycles. The maximum atomic E-state index is 10.2. The Hall–Kier alpha value is 0.576. The van der Waals surface area contributed by atoms with Crippen LogP contribution in [0.5, 0.6) is 0 Å². The molecule has 0 aromatic rings. The number of ether oxygens (including phenoxy) is 1. The van der Waals surface area contributed by atoms with Gasteiger partial charge in [0.1, 0.15) is 0 Å². The van der Waals surface area contributed by atoms with E-state index in [2.05, 4.69) is 4.74 Å². The molecular weight excluding hydrogens is 163 g/mol. The molecule has 0 spiro atoms. The smallest absolute Gasteiger partial charge is 0.306 e. The number of carbonyl (C=O) groups excluding carboxylic acids is 1. The predicted octanol–water partition coefficient (Wildman–Crippen LogP) is -0.357. The van der Waals surface area contributed by atoms with E-state index < -0.39 is 11.9 Å². The van der Waals surface area contributed by atoms with Crippen LogP contribution in [0.15, 0.2) is 0 Å².